The normalized spacial score (nSPS) is 9.89. The van der Waals surface area contributed by atoms with Crippen LogP contribution in [0.25, 0.3) is 0 Å². The number of carbonyl (C=O) groups excluding carboxylic acids is 1. The van der Waals surface area contributed by atoms with Gasteiger partial charge in [-0.3, -0.25) is 4.79 Å². The van der Waals surface area contributed by atoms with E-state index in [0.717, 1.165) is 12.8 Å². The van der Waals surface area contributed by atoms with Crippen molar-refractivity contribution in [2.24, 2.45) is 5.92 Å². The van der Waals surface area contributed by atoms with Crippen molar-refractivity contribution in [3.8, 4) is 0 Å². The number of unbranched alkanes of at least 4 members (excludes halogenated alkanes) is 2. The number of thioether (sulfide) groups is 1. The summed E-state index contributed by atoms with van der Waals surface area (Å²) in [5.74, 6) is 2.55. The second kappa shape index (κ2) is 17.2. The van der Waals surface area contributed by atoms with Gasteiger partial charge in [-0.1, -0.05) is 40.5 Å². The highest BCUT2D eigenvalue weighted by molar-refractivity contribution is 7.99. The minimum atomic E-state index is -0.219. The summed E-state index contributed by atoms with van der Waals surface area (Å²) in [6.45, 7) is 8.42. The fourth-order valence-electron chi connectivity index (χ4n) is 1.29. The van der Waals surface area contributed by atoms with Crippen LogP contribution in [0, 0.1) is 5.92 Å². The highest BCUT2D eigenvalue weighted by atomic mass is 32.2. The molecule has 0 aromatic rings. The highest BCUT2D eigenvalue weighted by Crippen LogP contribution is 2.09. The van der Waals surface area contributed by atoms with E-state index >= 15 is 0 Å². The van der Waals surface area contributed by atoms with E-state index in [1.807, 2.05) is 13.8 Å². The lowest BCUT2D eigenvalue weighted by atomic mass is 10.0. The van der Waals surface area contributed by atoms with Gasteiger partial charge in [0.05, 0.1) is 5.92 Å². The maximum Gasteiger partial charge on any atom is 0.320 e. The standard InChI is InChI=1S/C8H18S.C6H12O2S/c1-3-5-7-9-8-6-4-2;1-3-5(4-2)6(7)8-9/h3-8H2,1-2H3;5,9H,3-4H2,1-2H3. The molecule has 0 heterocycles. The van der Waals surface area contributed by atoms with Gasteiger partial charge in [-0.05, 0) is 37.2 Å². The Balaban J connectivity index is 0. The average Bonchev–Trinajstić information content (AvgIpc) is 2.40. The molecule has 2 nitrogen and oxygen atoms in total. The second-order valence-electron chi connectivity index (χ2n) is 4.24. The molecule has 0 radical (unpaired) electrons. The van der Waals surface area contributed by atoms with E-state index in [9.17, 15) is 4.79 Å². The molecule has 0 N–H and O–H groups in total. The van der Waals surface area contributed by atoms with Crippen molar-refractivity contribution < 1.29 is 8.98 Å². The molecule has 0 fully saturated rings. The van der Waals surface area contributed by atoms with Crippen molar-refractivity contribution in [3.63, 3.8) is 0 Å². The molecule has 4 heteroatoms. The van der Waals surface area contributed by atoms with E-state index in [-0.39, 0.29) is 11.9 Å². The first-order valence-corrected chi connectivity index (χ1v) is 8.62. The van der Waals surface area contributed by atoms with Gasteiger partial charge in [0.2, 0.25) is 0 Å². The first kappa shape index (κ1) is 20.5. The van der Waals surface area contributed by atoms with Gasteiger partial charge in [-0.2, -0.15) is 11.8 Å². The van der Waals surface area contributed by atoms with Crippen LogP contribution in [0.2, 0.25) is 0 Å². The zero-order chi connectivity index (χ0) is 14.2. The van der Waals surface area contributed by atoms with E-state index in [1.165, 1.54) is 37.2 Å². The molecule has 0 unspecified atom stereocenters. The largest absolute Gasteiger partial charge is 0.394 e. The van der Waals surface area contributed by atoms with Gasteiger partial charge >= 0.3 is 5.97 Å². The van der Waals surface area contributed by atoms with Gasteiger partial charge < -0.3 is 4.18 Å². The molecule has 0 aliphatic heterocycles. The Bertz CT molecular complexity index is 165. The summed E-state index contributed by atoms with van der Waals surface area (Å²) < 4.78 is 4.25. The van der Waals surface area contributed by atoms with Crippen LogP contribution in [0.15, 0.2) is 0 Å². The van der Waals surface area contributed by atoms with E-state index in [2.05, 4.69) is 42.7 Å². The van der Waals surface area contributed by atoms with Crippen LogP contribution in [0.4, 0.5) is 0 Å². The van der Waals surface area contributed by atoms with E-state index in [4.69, 9.17) is 0 Å². The summed E-state index contributed by atoms with van der Waals surface area (Å²) >= 11 is 5.52. The summed E-state index contributed by atoms with van der Waals surface area (Å²) in [7, 11) is 0. The monoisotopic (exact) mass is 294 g/mol. The van der Waals surface area contributed by atoms with Crippen LogP contribution in [0.3, 0.4) is 0 Å². The number of thiol groups is 1. The molecule has 110 valence electrons. The summed E-state index contributed by atoms with van der Waals surface area (Å²) in [6.07, 6.45) is 7.15. The fraction of sp³-hybridized carbons (Fsp3) is 0.929. The van der Waals surface area contributed by atoms with E-state index in [1.54, 1.807) is 0 Å². The van der Waals surface area contributed by atoms with Crippen molar-refractivity contribution in [1.29, 1.82) is 0 Å². The first-order chi connectivity index (χ1) is 8.67. The van der Waals surface area contributed by atoms with Gasteiger partial charge in [-0.15, -0.1) is 0 Å². The Morgan fingerprint density at radius 3 is 1.72 bits per heavy atom. The van der Waals surface area contributed by atoms with E-state index in [0.29, 0.717) is 0 Å². The van der Waals surface area contributed by atoms with Crippen molar-refractivity contribution in [3.05, 3.63) is 0 Å². The molecule has 0 aromatic carbocycles. The zero-order valence-electron chi connectivity index (χ0n) is 12.4. The molecule has 0 atom stereocenters. The fourth-order valence-corrected chi connectivity index (χ4v) is 2.63. The van der Waals surface area contributed by atoms with Crippen molar-refractivity contribution >= 4 is 30.6 Å². The summed E-state index contributed by atoms with van der Waals surface area (Å²) in [5, 5.41) is 0. The second-order valence-corrected chi connectivity index (χ2v) is 5.65. The van der Waals surface area contributed by atoms with Crippen LogP contribution >= 0.6 is 24.7 Å². The zero-order valence-corrected chi connectivity index (χ0v) is 14.1. The smallest absolute Gasteiger partial charge is 0.320 e. The Labute approximate surface area is 123 Å². The summed E-state index contributed by atoms with van der Waals surface area (Å²) in [6, 6.07) is 0. The Kier molecular flexibility index (Phi) is 19.5. The molecule has 0 rings (SSSR count). The maximum absolute atomic E-state index is 10.7. The van der Waals surface area contributed by atoms with Gasteiger partial charge in [0.15, 0.2) is 0 Å². The van der Waals surface area contributed by atoms with E-state index < -0.39 is 0 Å². The molecule has 18 heavy (non-hydrogen) atoms. The van der Waals surface area contributed by atoms with Gasteiger partial charge in [-0.25, -0.2) is 0 Å². The number of rotatable bonds is 9. The highest BCUT2D eigenvalue weighted by Gasteiger charge is 2.13. The predicted molar refractivity (Wildman–Crippen MR) is 86.3 cm³/mol. The van der Waals surface area contributed by atoms with Crippen molar-refractivity contribution in [2.45, 2.75) is 66.2 Å². The molecular formula is C14H30O2S2. The molecule has 0 aromatic heterocycles. The lowest BCUT2D eigenvalue weighted by Gasteiger charge is -2.06. The van der Waals surface area contributed by atoms with Crippen LogP contribution < -0.4 is 0 Å². The molecule has 0 aliphatic carbocycles. The van der Waals surface area contributed by atoms with Gasteiger partial charge in [0.25, 0.3) is 0 Å². The topological polar surface area (TPSA) is 26.3 Å². The lowest BCUT2D eigenvalue weighted by Crippen LogP contribution is -2.11. The van der Waals surface area contributed by atoms with Crippen LogP contribution in [-0.2, 0) is 8.98 Å². The minimum Gasteiger partial charge on any atom is -0.394 e. The predicted octanol–water partition coefficient (Wildman–Crippen LogP) is 5.13. The Morgan fingerprint density at radius 2 is 1.50 bits per heavy atom. The van der Waals surface area contributed by atoms with Crippen LogP contribution in [0.1, 0.15) is 66.2 Å². The molecule has 0 saturated carbocycles. The van der Waals surface area contributed by atoms with Gasteiger partial charge in [0, 0.05) is 12.9 Å². The molecule has 0 spiro atoms. The molecular weight excluding hydrogens is 264 g/mol. The average molecular weight is 295 g/mol. The van der Waals surface area contributed by atoms with Crippen LogP contribution in [0.5, 0.6) is 0 Å². The summed E-state index contributed by atoms with van der Waals surface area (Å²) in [5.41, 5.74) is 0. The number of hydrogen-bond acceptors (Lipinski definition) is 4. The molecule has 0 aliphatic rings. The van der Waals surface area contributed by atoms with Crippen molar-refractivity contribution in [2.75, 3.05) is 11.5 Å². The quantitative estimate of drug-likeness (QED) is 0.363. The summed E-state index contributed by atoms with van der Waals surface area (Å²) in [4.78, 5) is 10.7. The number of carbonyl (C=O) groups is 1. The third-order valence-corrected chi connectivity index (χ3v) is 4.03. The first-order valence-electron chi connectivity index (χ1n) is 7.10. The Hall–Kier alpha value is 0.170. The maximum atomic E-state index is 10.7. The third kappa shape index (κ3) is 14.2. The number of hydrogen-bond donors (Lipinski definition) is 1. The third-order valence-electron chi connectivity index (χ3n) is 2.69. The molecule has 0 saturated heterocycles. The SMILES string of the molecule is CCC(CC)C(=O)OS.CCCCSCCCC. The lowest BCUT2D eigenvalue weighted by molar-refractivity contribution is -0.137. The van der Waals surface area contributed by atoms with Crippen LogP contribution in [-0.4, -0.2) is 17.5 Å². The van der Waals surface area contributed by atoms with Crippen molar-refractivity contribution in [1.82, 2.24) is 0 Å². The Morgan fingerprint density at radius 1 is 1.06 bits per heavy atom. The molecule has 0 amide bonds. The minimum absolute atomic E-state index is 0.0301. The molecule has 0 bridgehead atoms. The van der Waals surface area contributed by atoms with Gasteiger partial charge in [0.1, 0.15) is 0 Å².